The van der Waals surface area contributed by atoms with E-state index in [0.29, 0.717) is 23.5 Å². The molecule has 28 heavy (non-hydrogen) atoms. The van der Waals surface area contributed by atoms with Crippen molar-refractivity contribution in [3.05, 3.63) is 78.0 Å². The first-order valence-corrected chi connectivity index (χ1v) is 8.43. The van der Waals surface area contributed by atoms with Crippen molar-refractivity contribution >= 4 is 18.1 Å². The number of aromatic nitrogens is 1. The number of rotatable bonds is 7. The average molecular weight is 379 g/mol. The summed E-state index contributed by atoms with van der Waals surface area (Å²) in [5, 5.41) is 3.92. The van der Waals surface area contributed by atoms with Gasteiger partial charge in [0.05, 0.1) is 24.6 Å². The van der Waals surface area contributed by atoms with Crippen LogP contribution in [0.2, 0.25) is 0 Å². The van der Waals surface area contributed by atoms with Crippen LogP contribution in [0.1, 0.15) is 33.4 Å². The number of hydrazone groups is 1. The van der Waals surface area contributed by atoms with E-state index in [0.717, 1.165) is 0 Å². The molecule has 0 aliphatic carbocycles. The molecule has 3 rings (SSSR count). The Morgan fingerprint density at radius 2 is 2.11 bits per heavy atom. The van der Waals surface area contributed by atoms with Gasteiger partial charge in [0, 0.05) is 12.4 Å². The number of benzene rings is 1. The number of hydrogen-bond donors (Lipinski definition) is 1. The maximum absolute atomic E-state index is 12.0. The van der Waals surface area contributed by atoms with Crippen LogP contribution in [0.4, 0.5) is 0 Å². The predicted octanol–water partition coefficient (Wildman–Crippen LogP) is 3.06. The summed E-state index contributed by atoms with van der Waals surface area (Å²) >= 11 is 0. The fraction of sp³-hybridized carbons (Fsp3) is 0.100. The van der Waals surface area contributed by atoms with Crippen LogP contribution < -0.4 is 14.9 Å². The Hall–Kier alpha value is -3.94. The van der Waals surface area contributed by atoms with Gasteiger partial charge in [0.15, 0.2) is 11.5 Å². The van der Waals surface area contributed by atoms with Crippen molar-refractivity contribution in [2.45, 2.75) is 6.92 Å². The molecule has 8 nitrogen and oxygen atoms in total. The molecule has 0 spiro atoms. The van der Waals surface area contributed by atoms with Crippen LogP contribution >= 0.6 is 0 Å². The van der Waals surface area contributed by atoms with Crippen molar-refractivity contribution in [3.8, 4) is 11.5 Å². The smallest absolute Gasteiger partial charge is 0.379 e. The second-order valence-corrected chi connectivity index (χ2v) is 5.45. The Morgan fingerprint density at radius 3 is 2.82 bits per heavy atom. The van der Waals surface area contributed by atoms with E-state index in [2.05, 4.69) is 15.5 Å². The number of carbonyl (C=O) groups excluding carboxylic acids is 2. The molecule has 0 radical (unpaired) electrons. The molecule has 1 aromatic carbocycles. The zero-order valence-corrected chi connectivity index (χ0v) is 15.0. The first-order valence-electron chi connectivity index (χ1n) is 8.43. The molecule has 0 fully saturated rings. The van der Waals surface area contributed by atoms with Crippen molar-refractivity contribution in [1.82, 2.24) is 10.4 Å². The molecular weight excluding hydrogens is 362 g/mol. The van der Waals surface area contributed by atoms with Crippen LogP contribution in [0.5, 0.6) is 11.5 Å². The lowest BCUT2D eigenvalue weighted by Gasteiger charge is -2.10. The third kappa shape index (κ3) is 4.82. The number of pyridine rings is 1. The van der Waals surface area contributed by atoms with E-state index in [9.17, 15) is 9.59 Å². The highest BCUT2D eigenvalue weighted by Gasteiger charge is 2.15. The minimum atomic E-state index is -0.629. The van der Waals surface area contributed by atoms with Crippen LogP contribution in [-0.2, 0) is 0 Å². The zero-order chi connectivity index (χ0) is 19.8. The SMILES string of the molecule is CCOc1cc(/C=N\NC(=O)c2cccnc2)ccc1OC(=O)c1ccco1. The quantitative estimate of drug-likeness (QED) is 0.293. The van der Waals surface area contributed by atoms with E-state index in [1.165, 1.54) is 24.7 Å². The Balaban J connectivity index is 1.69. The molecule has 8 heteroatoms. The summed E-state index contributed by atoms with van der Waals surface area (Å²) < 4.78 is 15.9. The molecule has 0 aliphatic heterocycles. The Morgan fingerprint density at radius 1 is 1.21 bits per heavy atom. The molecule has 0 aliphatic rings. The summed E-state index contributed by atoms with van der Waals surface area (Å²) in [5.41, 5.74) is 3.46. The van der Waals surface area contributed by atoms with Gasteiger partial charge >= 0.3 is 5.97 Å². The van der Waals surface area contributed by atoms with Gasteiger partial charge in [-0.3, -0.25) is 9.78 Å². The topological polar surface area (TPSA) is 103 Å². The number of amides is 1. The van der Waals surface area contributed by atoms with Crippen LogP contribution in [0, 0.1) is 0 Å². The summed E-state index contributed by atoms with van der Waals surface area (Å²) in [6.07, 6.45) is 5.87. The maximum Gasteiger partial charge on any atom is 0.379 e. The van der Waals surface area contributed by atoms with Gasteiger partial charge in [-0.25, -0.2) is 10.2 Å². The van der Waals surface area contributed by atoms with Crippen LogP contribution in [0.15, 0.2) is 70.6 Å². The standard InChI is InChI=1S/C20H17N3O5/c1-2-26-18-11-14(12-22-23-19(24)15-5-3-9-21-13-15)7-8-16(18)28-20(25)17-6-4-10-27-17/h3-13H,2H2,1H3,(H,23,24)/b22-12-. The highest BCUT2D eigenvalue weighted by atomic mass is 16.6. The molecule has 1 amide bonds. The van der Waals surface area contributed by atoms with Gasteiger partial charge in [-0.15, -0.1) is 0 Å². The largest absolute Gasteiger partial charge is 0.490 e. The van der Waals surface area contributed by atoms with Crippen molar-refractivity contribution in [2.24, 2.45) is 5.10 Å². The average Bonchev–Trinajstić information content (AvgIpc) is 3.25. The molecule has 1 N–H and O–H groups in total. The van der Waals surface area contributed by atoms with Gasteiger partial charge in [0.2, 0.25) is 5.76 Å². The van der Waals surface area contributed by atoms with Crippen LogP contribution in [0.3, 0.4) is 0 Å². The number of nitrogens with one attached hydrogen (secondary N) is 1. The number of esters is 1. The van der Waals surface area contributed by atoms with Crippen molar-refractivity contribution < 1.29 is 23.5 Å². The third-order valence-electron chi connectivity index (χ3n) is 3.50. The fourth-order valence-electron chi connectivity index (χ4n) is 2.23. The van der Waals surface area contributed by atoms with E-state index < -0.39 is 5.97 Å². The fourth-order valence-corrected chi connectivity index (χ4v) is 2.23. The first-order chi connectivity index (χ1) is 13.7. The minimum absolute atomic E-state index is 0.0891. The third-order valence-corrected chi connectivity index (χ3v) is 3.50. The normalized spacial score (nSPS) is 10.6. The number of hydrogen-bond acceptors (Lipinski definition) is 7. The Kier molecular flexibility index (Phi) is 6.14. The van der Waals surface area contributed by atoms with Gasteiger partial charge in [0.1, 0.15) is 0 Å². The number of furan rings is 1. The number of carbonyl (C=O) groups is 2. The van der Waals surface area contributed by atoms with Crippen molar-refractivity contribution in [3.63, 3.8) is 0 Å². The lowest BCUT2D eigenvalue weighted by atomic mass is 10.2. The molecule has 142 valence electrons. The molecular formula is C20H17N3O5. The molecule has 2 heterocycles. The van der Waals surface area contributed by atoms with Crippen LogP contribution in [0.25, 0.3) is 0 Å². The molecule has 0 saturated heterocycles. The molecule has 2 aromatic heterocycles. The molecule has 0 atom stereocenters. The lowest BCUT2D eigenvalue weighted by Crippen LogP contribution is -2.17. The van der Waals surface area contributed by atoms with Gasteiger partial charge < -0.3 is 13.9 Å². The predicted molar refractivity (Wildman–Crippen MR) is 101 cm³/mol. The number of nitrogens with zero attached hydrogens (tertiary/aromatic N) is 2. The van der Waals surface area contributed by atoms with E-state index in [4.69, 9.17) is 13.9 Å². The van der Waals surface area contributed by atoms with Crippen molar-refractivity contribution in [1.29, 1.82) is 0 Å². The summed E-state index contributed by atoms with van der Waals surface area (Å²) in [6.45, 7) is 2.19. The van der Waals surface area contributed by atoms with Crippen molar-refractivity contribution in [2.75, 3.05) is 6.61 Å². The van der Waals surface area contributed by atoms with E-state index >= 15 is 0 Å². The Labute approximate surface area is 160 Å². The second kappa shape index (κ2) is 9.13. The van der Waals surface area contributed by atoms with Gasteiger partial charge in [-0.1, -0.05) is 0 Å². The Bertz CT molecular complexity index is 969. The molecule has 0 unspecified atom stereocenters. The summed E-state index contributed by atoms with van der Waals surface area (Å²) in [5.74, 6) is -0.301. The second-order valence-electron chi connectivity index (χ2n) is 5.45. The number of ether oxygens (including phenoxy) is 2. The zero-order valence-electron chi connectivity index (χ0n) is 15.0. The highest BCUT2D eigenvalue weighted by Crippen LogP contribution is 2.29. The summed E-state index contributed by atoms with van der Waals surface area (Å²) in [4.78, 5) is 27.9. The van der Waals surface area contributed by atoms with E-state index in [1.54, 1.807) is 42.6 Å². The molecule has 0 bridgehead atoms. The van der Waals surface area contributed by atoms with Gasteiger partial charge in [-0.2, -0.15) is 5.10 Å². The highest BCUT2D eigenvalue weighted by molar-refractivity contribution is 5.94. The first kappa shape index (κ1) is 18.8. The summed E-state index contributed by atoms with van der Waals surface area (Å²) in [7, 11) is 0. The lowest BCUT2D eigenvalue weighted by molar-refractivity contribution is 0.0695. The van der Waals surface area contributed by atoms with Crippen LogP contribution in [-0.4, -0.2) is 29.7 Å². The van der Waals surface area contributed by atoms with Gasteiger partial charge in [0.25, 0.3) is 5.91 Å². The monoisotopic (exact) mass is 379 g/mol. The van der Waals surface area contributed by atoms with Gasteiger partial charge in [-0.05, 0) is 55.0 Å². The minimum Gasteiger partial charge on any atom is -0.490 e. The molecule has 3 aromatic rings. The van der Waals surface area contributed by atoms with E-state index in [1.807, 2.05) is 6.92 Å². The molecule has 0 saturated carbocycles. The maximum atomic E-state index is 12.0. The summed E-state index contributed by atoms with van der Waals surface area (Å²) in [6, 6.07) is 11.3. The van der Waals surface area contributed by atoms with E-state index in [-0.39, 0.29) is 17.4 Å².